The largest absolute Gasteiger partial charge is 0.438 e. The summed E-state index contributed by atoms with van der Waals surface area (Å²) >= 11 is 9.42. The van der Waals surface area contributed by atoms with Gasteiger partial charge in [0.05, 0.1) is 4.47 Å². The molecule has 1 aromatic heterocycles. The van der Waals surface area contributed by atoms with Crippen molar-refractivity contribution in [3.63, 3.8) is 0 Å². The first-order valence-corrected chi connectivity index (χ1v) is 6.89. The summed E-state index contributed by atoms with van der Waals surface area (Å²) in [4.78, 5) is 4.11. The standard InChI is InChI=1S/C15H9BrClNO/c16-15-11-5-2-1-4-10(11)8-9-12(15)19-14-7-3-6-13(17)18-14/h1-9H. The monoisotopic (exact) mass is 333 g/mol. The van der Waals surface area contributed by atoms with Gasteiger partial charge in [0.2, 0.25) is 5.88 Å². The lowest BCUT2D eigenvalue weighted by Crippen LogP contribution is -1.89. The fraction of sp³-hybridized carbons (Fsp3) is 0. The van der Waals surface area contributed by atoms with Gasteiger partial charge in [-0.2, -0.15) is 0 Å². The number of fused-ring (bicyclic) bond motifs is 1. The third kappa shape index (κ3) is 2.57. The van der Waals surface area contributed by atoms with Crippen LogP contribution < -0.4 is 4.74 Å². The van der Waals surface area contributed by atoms with Crippen molar-refractivity contribution in [3.05, 3.63) is 64.2 Å². The zero-order valence-electron chi connectivity index (χ0n) is 9.81. The van der Waals surface area contributed by atoms with Crippen molar-refractivity contribution in [3.8, 4) is 11.6 Å². The fourth-order valence-electron chi connectivity index (χ4n) is 1.85. The predicted molar refractivity (Wildman–Crippen MR) is 81.0 cm³/mol. The lowest BCUT2D eigenvalue weighted by molar-refractivity contribution is 0.461. The van der Waals surface area contributed by atoms with Crippen molar-refractivity contribution in [2.45, 2.75) is 0 Å². The molecule has 2 nitrogen and oxygen atoms in total. The molecule has 0 atom stereocenters. The predicted octanol–water partition coefficient (Wildman–Crippen LogP) is 5.44. The molecule has 0 fully saturated rings. The summed E-state index contributed by atoms with van der Waals surface area (Å²) in [6.45, 7) is 0. The number of benzene rings is 2. The molecule has 1 heterocycles. The number of hydrogen-bond acceptors (Lipinski definition) is 2. The molecule has 94 valence electrons. The Hall–Kier alpha value is -1.58. The molecule has 0 spiro atoms. The molecule has 0 aliphatic rings. The van der Waals surface area contributed by atoms with Crippen LogP contribution in [0.1, 0.15) is 0 Å². The Morgan fingerprint density at radius 3 is 2.63 bits per heavy atom. The van der Waals surface area contributed by atoms with E-state index in [1.165, 1.54) is 0 Å². The third-order valence-corrected chi connectivity index (χ3v) is 3.76. The van der Waals surface area contributed by atoms with Crippen LogP contribution in [0.3, 0.4) is 0 Å². The Labute approximate surface area is 124 Å². The smallest absolute Gasteiger partial charge is 0.220 e. The number of ether oxygens (including phenoxy) is 1. The molecule has 3 rings (SSSR count). The fourth-order valence-corrected chi connectivity index (χ4v) is 2.58. The number of hydrogen-bond donors (Lipinski definition) is 0. The maximum absolute atomic E-state index is 5.84. The molecule has 0 aliphatic carbocycles. The summed E-state index contributed by atoms with van der Waals surface area (Å²) in [5.74, 6) is 1.19. The lowest BCUT2D eigenvalue weighted by Gasteiger charge is -2.09. The van der Waals surface area contributed by atoms with Crippen LogP contribution in [0, 0.1) is 0 Å². The van der Waals surface area contributed by atoms with Crippen LogP contribution in [-0.4, -0.2) is 4.98 Å². The van der Waals surface area contributed by atoms with Gasteiger partial charge < -0.3 is 4.74 Å². The quantitative estimate of drug-likeness (QED) is 0.582. The van der Waals surface area contributed by atoms with Gasteiger partial charge in [0.25, 0.3) is 0 Å². The molecule has 0 saturated carbocycles. The van der Waals surface area contributed by atoms with Crippen molar-refractivity contribution in [1.82, 2.24) is 4.98 Å². The van der Waals surface area contributed by atoms with Crippen LogP contribution in [0.25, 0.3) is 10.8 Å². The molecule has 0 N–H and O–H groups in total. The van der Waals surface area contributed by atoms with E-state index in [4.69, 9.17) is 16.3 Å². The van der Waals surface area contributed by atoms with E-state index in [0.717, 1.165) is 15.2 Å². The number of aromatic nitrogens is 1. The summed E-state index contributed by atoms with van der Waals surface area (Å²) in [5.41, 5.74) is 0. The Morgan fingerprint density at radius 1 is 0.947 bits per heavy atom. The lowest BCUT2D eigenvalue weighted by atomic mass is 10.1. The second-order valence-electron chi connectivity index (χ2n) is 4.00. The second-order valence-corrected chi connectivity index (χ2v) is 5.18. The molecular formula is C15H9BrClNO. The van der Waals surface area contributed by atoms with Crippen molar-refractivity contribution in [1.29, 1.82) is 0 Å². The Bertz CT molecular complexity index is 745. The second kappa shape index (κ2) is 5.19. The van der Waals surface area contributed by atoms with Gasteiger partial charge in [0.1, 0.15) is 10.9 Å². The van der Waals surface area contributed by atoms with Gasteiger partial charge >= 0.3 is 0 Å². The van der Waals surface area contributed by atoms with Crippen LogP contribution in [0.4, 0.5) is 0 Å². The van der Waals surface area contributed by atoms with Gasteiger partial charge in [0.15, 0.2) is 0 Å². The minimum Gasteiger partial charge on any atom is -0.438 e. The van der Waals surface area contributed by atoms with Crippen molar-refractivity contribution >= 4 is 38.3 Å². The summed E-state index contributed by atoms with van der Waals surface area (Å²) < 4.78 is 6.67. The molecular weight excluding hydrogens is 326 g/mol. The first-order chi connectivity index (χ1) is 9.24. The first kappa shape index (κ1) is 12.5. The molecule has 0 amide bonds. The highest BCUT2D eigenvalue weighted by atomic mass is 79.9. The van der Waals surface area contributed by atoms with Crippen molar-refractivity contribution < 1.29 is 4.74 Å². The zero-order chi connectivity index (χ0) is 13.2. The molecule has 2 aromatic carbocycles. The normalized spacial score (nSPS) is 10.6. The SMILES string of the molecule is Clc1cccc(Oc2ccc3ccccc3c2Br)n1. The Kier molecular flexibility index (Phi) is 3.40. The number of pyridine rings is 1. The molecule has 0 unspecified atom stereocenters. The maximum atomic E-state index is 5.84. The van der Waals surface area contributed by atoms with Gasteiger partial charge in [-0.05, 0) is 38.8 Å². The van der Waals surface area contributed by atoms with E-state index >= 15 is 0 Å². The highest BCUT2D eigenvalue weighted by molar-refractivity contribution is 9.10. The average molecular weight is 335 g/mol. The van der Waals surface area contributed by atoms with E-state index in [1.807, 2.05) is 30.3 Å². The van der Waals surface area contributed by atoms with Crippen LogP contribution in [0.15, 0.2) is 59.1 Å². The zero-order valence-corrected chi connectivity index (χ0v) is 12.1. The summed E-state index contributed by atoms with van der Waals surface area (Å²) in [6.07, 6.45) is 0. The minimum absolute atomic E-state index is 0.411. The third-order valence-electron chi connectivity index (χ3n) is 2.73. The molecule has 0 saturated heterocycles. The van der Waals surface area contributed by atoms with E-state index in [1.54, 1.807) is 18.2 Å². The van der Waals surface area contributed by atoms with Crippen LogP contribution in [0.5, 0.6) is 11.6 Å². The van der Waals surface area contributed by atoms with Gasteiger partial charge in [-0.15, -0.1) is 0 Å². The summed E-state index contributed by atoms with van der Waals surface area (Å²) in [7, 11) is 0. The number of rotatable bonds is 2. The summed E-state index contributed by atoms with van der Waals surface area (Å²) in [6, 6.07) is 17.3. The molecule has 0 radical (unpaired) electrons. The highest BCUT2D eigenvalue weighted by Gasteiger charge is 2.07. The first-order valence-electron chi connectivity index (χ1n) is 5.72. The number of nitrogens with zero attached hydrogens (tertiary/aromatic N) is 1. The van der Waals surface area contributed by atoms with Gasteiger partial charge in [-0.1, -0.05) is 48.0 Å². The minimum atomic E-state index is 0.411. The Morgan fingerprint density at radius 2 is 1.79 bits per heavy atom. The van der Waals surface area contributed by atoms with Gasteiger partial charge in [-0.25, -0.2) is 4.98 Å². The molecule has 4 heteroatoms. The van der Waals surface area contributed by atoms with Crippen molar-refractivity contribution in [2.75, 3.05) is 0 Å². The highest BCUT2D eigenvalue weighted by Crippen LogP contribution is 2.35. The molecule has 3 aromatic rings. The van der Waals surface area contributed by atoms with Gasteiger partial charge in [-0.3, -0.25) is 0 Å². The molecule has 19 heavy (non-hydrogen) atoms. The molecule has 0 aliphatic heterocycles. The topological polar surface area (TPSA) is 22.1 Å². The van der Waals surface area contributed by atoms with Crippen LogP contribution >= 0.6 is 27.5 Å². The van der Waals surface area contributed by atoms with E-state index in [9.17, 15) is 0 Å². The van der Waals surface area contributed by atoms with E-state index in [-0.39, 0.29) is 0 Å². The van der Waals surface area contributed by atoms with E-state index < -0.39 is 0 Å². The molecule has 0 bridgehead atoms. The van der Waals surface area contributed by atoms with E-state index in [2.05, 4.69) is 27.0 Å². The maximum Gasteiger partial charge on any atom is 0.220 e. The van der Waals surface area contributed by atoms with Gasteiger partial charge in [0, 0.05) is 6.07 Å². The average Bonchev–Trinajstić information content (AvgIpc) is 2.42. The van der Waals surface area contributed by atoms with Crippen LogP contribution in [0.2, 0.25) is 5.15 Å². The van der Waals surface area contributed by atoms with Crippen molar-refractivity contribution in [2.24, 2.45) is 0 Å². The van der Waals surface area contributed by atoms with E-state index in [0.29, 0.717) is 16.8 Å². The number of halogens is 2. The Balaban J connectivity index is 2.04. The van der Waals surface area contributed by atoms with Crippen LogP contribution in [-0.2, 0) is 0 Å². The summed E-state index contributed by atoms with van der Waals surface area (Å²) in [5, 5.41) is 2.66.